The Hall–Kier alpha value is -6.13. The van der Waals surface area contributed by atoms with Crippen molar-refractivity contribution in [2.75, 3.05) is 47.5 Å². The van der Waals surface area contributed by atoms with Crippen LogP contribution in [0.3, 0.4) is 0 Å². The van der Waals surface area contributed by atoms with Gasteiger partial charge >= 0.3 is 11.9 Å². The van der Waals surface area contributed by atoms with Crippen LogP contribution in [-0.2, 0) is 33.3 Å². The number of quaternary nitrogens is 1. The monoisotopic (exact) mass is 1200 g/mol. The van der Waals surface area contributed by atoms with E-state index < -0.39 is 30.3 Å². The van der Waals surface area contributed by atoms with E-state index in [1.165, 1.54) is 12.8 Å². The molecule has 9 nitrogen and oxygen atoms in total. The number of rotatable bonds is 58. The molecule has 0 aliphatic heterocycles. The van der Waals surface area contributed by atoms with Crippen LogP contribution in [0.4, 0.5) is 0 Å². The fraction of sp³-hybridized carbons (Fsp3) is 0.526. The minimum absolute atomic E-state index is 0.125. The maximum atomic E-state index is 12.9. The lowest BCUT2D eigenvalue weighted by Crippen LogP contribution is -2.44. The second kappa shape index (κ2) is 65.8. The van der Waals surface area contributed by atoms with Gasteiger partial charge in [0, 0.05) is 12.8 Å². The summed E-state index contributed by atoms with van der Waals surface area (Å²) in [4.78, 5) is 37.4. The van der Waals surface area contributed by atoms with Gasteiger partial charge in [0.2, 0.25) is 0 Å². The Morgan fingerprint density at radius 1 is 0.345 bits per heavy atom. The van der Waals surface area contributed by atoms with Crippen LogP contribution in [0, 0.1) is 0 Å². The molecule has 0 aromatic carbocycles. The van der Waals surface area contributed by atoms with Crippen molar-refractivity contribution < 1.29 is 42.9 Å². The van der Waals surface area contributed by atoms with Crippen molar-refractivity contribution in [1.82, 2.24) is 0 Å². The maximum absolute atomic E-state index is 12.9. The number of carbonyl (C=O) groups is 3. The summed E-state index contributed by atoms with van der Waals surface area (Å²) in [7, 11) is 5.89. The fourth-order valence-electron chi connectivity index (χ4n) is 8.01. The molecular formula is C78H119NO8. The van der Waals surface area contributed by atoms with Gasteiger partial charge in [0.25, 0.3) is 0 Å². The van der Waals surface area contributed by atoms with E-state index in [9.17, 15) is 19.5 Å². The third kappa shape index (κ3) is 67.2. The predicted molar refractivity (Wildman–Crippen MR) is 370 cm³/mol. The van der Waals surface area contributed by atoms with E-state index >= 15 is 0 Å². The number of hydrogen-bond acceptors (Lipinski definition) is 8. The number of ether oxygens (including phenoxy) is 4. The van der Waals surface area contributed by atoms with E-state index in [4.69, 9.17) is 18.9 Å². The Kier molecular flexibility index (Phi) is 61.2. The predicted octanol–water partition coefficient (Wildman–Crippen LogP) is 19.5. The van der Waals surface area contributed by atoms with Crippen LogP contribution in [0.5, 0.6) is 0 Å². The first-order chi connectivity index (χ1) is 42.6. The first-order valence-corrected chi connectivity index (χ1v) is 33.2. The topological polar surface area (TPSA) is 111 Å². The first kappa shape index (κ1) is 80.9. The van der Waals surface area contributed by atoms with Gasteiger partial charge in [0.05, 0.1) is 40.3 Å². The van der Waals surface area contributed by atoms with Gasteiger partial charge in [-0.3, -0.25) is 9.59 Å². The smallest absolute Gasteiger partial charge is 0.306 e. The molecule has 0 aromatic rings. The van der Waals surface area contributed by atoms with Crippen molar-refractivity contribution in [3.05, 3.63) is 207 Å². The van der Waals surface area contributed by atoms with Crippen molar-refractivity contribution in [3.8, 4) is 0 Å². The van der Waals surface area contributed by atoms with Crippen LogP contribution in [0.1, 0.15) is 206 Å². The van der Waals surface area contributed by atoms with Crippen LogP contribution in [-0.4, -0.2) is 82.3 Å². The lowest BCUT2D eigenvalue weighted by Gasteiger charge is -2.26. The Balaban J connectivity index is 4.35. The minimum Gasteiger partial charge on any atom is -0.545 e. The zero-order valence-electron chi connectivity index (χ0n) is 55.0. The molecule has 0 amide bonds. The number of carboxylic acid groups (broad SMARTS) is 1. The average Bonchev–Trinajstić information content (AvgIpc) is 3.56. The van der Waals surface area contributed by atoms with E-state index in [0.717, 1.165) is 154 Å². The molecule has 0 rings (SSSR count). The molecule has 0 bridgehead atoms. The normalized spacial score (nSPS) is 14.1. The highest BCUT2D eigenvalue weighted by molar-refractivity contribution is 5.70. The van der Waals surface area contributed by atoms with Gasteiger partial charge in [-0.15, -0.1) is 0 Å². The number of esters is 2. The Morgan fingerprint density at radius 3 is 0.943 bits per heavy atom. The minimum atomic E-state index is -1.65. The second-order valence-corrected chi connectivity index (χ2v) is 22.3. The molecular weight excluding hydrogens is 1080 g/mol. The van der Waals surface area contributed by atoms with Gasteiger partial charge in [0.15, 0.2) is 12.4 Å². The van der Waals surface area contributed by atoms with E-state index in [0.29, 0.717) is 23.9 Å². The zero-order chi connectivity index (χ0) is 63.3. The van der Waals surface area contributed by atoms with Gasteiger partial charge in [-0.25, -0.2) is 0 Å². The van der Waals surface area contributed by atoms with Gasteiger partial charge in [0.1, 0.15) is 13.2 Å². The van der Waals surface area contributed by atoms with Crippen LogP contribution in [0.2, 0.25) is 0 Å². The van der Waals surface area contributed by atoms with Gasteiger partial charge in [-0.1, -0.05) is 253 Å². The lowest BCUT2D eigenvalue weighted by atomic mass is 10.1. The molecule has 0 aromatic heterocycles. The van der Waals surface area contributed by atoms with Crippen LogP contribution in [0.15, 0.2) is 207 Å². The number of carbonyl (C=O) groups excluding carboxylic acids is 3. The number of unbranched alkanes of at least 4 members (excludes halogenated alkanes) is 9. The van der Waals surface area contributed by atoms with E-state index in [-0.39, 0.29) is 32.7 Å². The third-order valence-corrected chi connectivity index (χ3v) is 13.0. The number of hydrogen-bond donors (Lipinski definition) is 0. The van der Waals surface area contributed by atoms with Crippen LogP contribution >= 0.6 is 0 Å². The molecule has 0 aliphatic rings. The molecule has 0 heterocycles. The van der Waals surface area contributed by atoms with Crippen LogP contribution in [0.25, 0.3) is 0 Å². The number of nitrogens with zero attached hydrogens (tertiary/aromatic N) is 1. The molecule has 0 fully saturated rings. The molecule has 0 aliphatic carbocycles. The molecule has 2 atom stereocenters. The van der Waals surface area contributed by atoms with E-state index in [1.54, 1.807) is 0 Å². The number of aliphatic carboxylic acids is 1. The zero-order valence-corrected chi connectivity index (χ0v) is 55.0. The molecule has 0 saturated carbocycles. The van der Waals surface area contributed by atoms with Crippen molar-refractivity contribution in [1.29, 1.82) is 0 Å². The standard InChI is InChI=1S/C78H119NO8/c1-6-8-10-12-14-16-18-20-22-24-26-28-30-32-34-35-36-37-38-39-40-41-43-45-47-49-51-53-55-57-59-61-63-65-67-69-76(81)87-74(73-86-78(77(82)83)84-71-70-79(3,4)5)72-85-75(80)68-66-64-62-60-58-56-54-52-50-48-46-44-42-33-31-29-27-25-23-21-19-17-15-13-11-9-7-2/h8-11,14-17,20-23,26-29,32-34,36-37,39-40,42-43,45-46,48-49,51-52,54,58,60,74,78H,6-7,12-13,18-19,24-25,30-31,35,38,41,44,47,50,53,55-57,59,61-73H2,1-5H3/b10-8-,11-9-,16-14-,17-15-,22-20-,23-21-,28-26-,29-27-,34-32-,37-36-,40-39-,42-33-,45-43-,48-46-,51-49-,54-52-,60-58-. The highest BCUT2D eigenvalue weighted by Gasteiger charge is 2.22. The summed E-state index contributed by atoms with van der Waals surface area (Å²) in [6.45, 7) is 4.42. The summed E-state index contributed by atoms with van der Waals surface area (Å²) >= 11 is 0. The average molecular weight is 1200 g/mol. The van der Waals surface area contributed by atoms with Crippen molar-refractivity contribution in [2.45, 2.75) is 219 Å². The molecule has 87 heavy (non-hydrogen) atoms. The van der Waals surface area contributed by atoms with E-state index in [1.807, 2.05) is 21.1 Å². The largest absolute Gasteiger partial charge is 0.545 e. The Morgan fingerprint density at radius 2 is 0.621 bits per heavy atom. The number of allylic oxidation sites excluding steroid dienone is 34. The summed E-state index contributed by atoms with van der Waals surface area (Å²) in [6, 6.07) is 0. The Bertz CT molecular complexity index is 2180. The summed E-state index contributed by atoms with van der Waals surface area (Å²) in [6.07, 6.45) is 100. The van der Waals surface area contributed by atoms with Gasteiger partial charge in [-0.05, 0) is 148 Å². The molecule has 0 spiro atoms. The molecule has 0 radical (unpaired) electrons. The summed E-state index contributed by atoms with van der Waals surface area (Å²) in [5, 5.41) is 11.8. The Labute approximate surface area is 531 Å². The van der Waals surface area contributed by atoms with Gasteiger partial charge < -0.3 is 33.3 Å². The first-order valence-electron chi connectivity index (χ1n) is 33.2. The van der Waals surface area contributed by atoms with Crippen LogP contribution < -0.4 is 5.11 Å². The fourth-order valence-corrected chi connectivity index (χ4v) is 8.01. The summed E-state index contributed by atoms with van der Waals surface area (Å²) < 4.78 is 22.7. The molecule has 484 valence electrons. The number of likely N-dealkylation sites (N-methyl/N-ethyl adjacent to an activating group) is 1. The quantitative estimate of drug-likeness (QED) is 0.0195. The SMILES string of the molecule is CC/C=C\C/C=C\C/C=C\C/C=C\C/C=C\C/C=C\C/C=C\C/C=C\C/C=C\CCCCCCCCCC(=O)OC(COC(=O)CCCC/C=C\C/C=C\C/C=C\C/C=C\C/C=C\C/C=C\C/C=C\C/C=C\CC)COC(OCC[N+](C)(C)C)C(=O)[O-]. The number of carboxylic acids is 1. The van der Waals surface area contributed by atoms with E-state index in [2.05, 4.69) is 220 Å². The lowest BCUT2D eigenvalue weighted by molar-refractivity contribution is -0.870. The third-order valence-electron chi connectivity index (χ3n) is 13.0. The summed E-state index contributed by atoms with van der Waals surface area (Å²) in [5.74, 6) is -2.39. The molecule has 9 heteroatoms. The highest BCUT2D eigenvalue weighted by Crippen LogP contribution is 2.13. The van der Waals surface area contributed by atoms with Crippen molar-refractivity contribution in [2.24, 2.45) is 0 Å². The molecule has 0 saturated heterocycles. The molecule has 0 N–H and O–H groups in total. The molecule has 2 unspecified atom stereocenters. The highest BCUT2D eigenvalue weighted by atomic mass is 16.7. The summed E-state index contributed by atoms with van der Waals surface area (Å²) in [5.41, 5.74) is 0. The van der Waals surface area contributed by atoms with Gasteiger partial charge in [-0.2, -0.15) is 0 Å². The van der Waals surface area contributed by atoms with Crippen molar-refractivity contribution in [3.63, 3.8) is 0 Å². The second-order valence-electron chi connectivity index (χ2n) is 22.3. The van der Waals surface area contributed by atoms with Crippen molar-refractivity contribution >= 4 is 17.9 Å². The maximum Gasteiger partial charge on any atom is 0.306 e.